The summed E-state index contributed by atoms with van der Waals surface area (Å²) in [4.78, 5) is 14.2. The molecule has 2 rings (SSSR count). The Hall–Kier alpha value is -0.610. The summed E-state index contributed by atoms with van der Waals surface area (Å²) in [6.45, 7) is 10.8. The summed E-state index contributed by atoms with van der Waals surface area (Å²) in [6, 6.07) is -0.0435. The molecule has 1 saturated heterocycles. The summed E-state index contributed by atoms with van der Waals surface area (Å²) in [5.74, 6) is 1.13. The maximum absolute atomic E-state index is 11.9. The van der Waals surface area contributed by atoms with Gasteiger partial charge in [0.1, 0.15) is 0 Å². The fourth-order valence-electron chi connectivity index (χ4n) is 3.97. The molecular weight excluding hydrogens is 250 g/mol. The first-order chi connectivity index (χ1) is 9.39. The minimum absolute atomic E-state index is 0.0435. The van der Waals surface area contributed by atoms with Crippen LogP contribution in [0.15, 0.2) is 0 Å². The van der Waals surface area contributed by atoms with Gasteiger partial charge in [0.25, 0.3) is 0 Å². The molecular formula is C16H31N3O. The van der Waals surface area contributed by atoms with Crippen molar-refractivity contribution >= 4 is 5.91 Å². The second-order valence-corrected chi connectivity index (χ2v) is 7.61. The van der Waals surface area contributed by atoms with Gasteiger partial charge in [-0.15, -0.1) is 0 Å². The molecule has 1 atom stereocenters. The molecule has 4 heteroatoms. The van der Waals surface area contributed by atoms with E-state index in [0.717, 1.165) is 44.9 Å². The van der Waals surface area contributed by atoms with Gasteiger partial charge in [0, 0.05) is 26.2 Å². The van der Waals surface area contributed by atoms with Crippen molar-refractivity contribution < 1.29 is 4.79 Å². The molecule has 3 N–H and O–H groups in total. The monoisotopic (exact) mass is 281 g/mol. The third kappa shape index (κ3) is 3.73. The standard InChI is InChI=1S/C16H31N3O/c1-16(2,3)13-6-4-12(5-7-13)14(15(17)20)19-10-8-18-9-11-19/h12-14,18H,4-11H2,1-3H3,(H2,17,20)/t12?,13?,14-/m0/s1. The van der Waals surface area contributed by atoms with Crippen LogP contribution in [0, 0.1) is 17.3 Å². The van der Waals surface area contributed by atoms with Crippen molar-refractivity contribution in [1.82, 2.24) is 10.2 Å². The molecule has 0 unspecified atom stereocenters. The van der Waals surface area contributed by atoms with Crippen molar-refractivity contribution in [2.45, 2.75) is 52.5 Å². The minimum atomic E-state index is -0.119. The predicted octanol–water partition coefficient (Wildman–Crippen LogP) is 1.60. The maximum atomic E-state index is 11.9. The molecule has 1 aliphatic carbocycles. The van der Waals surface area contributed by atoms with E-state index < -0.39 is 0 Å². The van der Waals surface area contributed by atoms with Crippen LogP contribution in [0.3, 0.4) is 0 Å². The number of amides is 1. The Morgan fingerprint density at radius 2 is 1.70 bits per heavy atom. The molecule has 1 aliphatic heterocycles. The van der Waals surface area contributed by atoms with Crippen LogP contribution in [0.25, 0.3) is 0 Å². The largest absolute Gasteiger partial charge is 0.368 e. The van der Waals surface area contributed by atoms with Gasteiger partial charge in [0.05, 0.1) is 6.04 Å². The molecule has 0 aromatic heterocycles. The zero-order valence-electron chi connectivity index (χ0n) is 13.3. The molecule has 20 heavy (non-hydrogen) atoms. The smallest absolute Gasteiger partial charge is 0.235 e. The third-order valence-corrected chi connectivity index (χ3v) is 5.28. The quantitative estimate of drug-likeness (QED) is 0.826. The van der Waals surface area contributed by atoms with E-state index in [2.05, 4.69) is 31.0 Å². The van der Waals surface area contributed by atoms with E-state index in [1.165, 1.54) is 12.8 Å². The molecule has 2 aliphatic rings. The Morgan fingerprint density at radius 1 is 1.15 bits per heavy atom. The Kier molecular flexibility index (Phi) is 5.08. The van der Waals surface area contributed by atoms with E-state index in [-0.39, 0.29) is 11.9 Å². The van der Waals surface area contributed by atoms with E-state index in [1.807, 2.05) is 0 Å². The number of nitrogens with zero attached hydrogens (tertiary/aromatic N) is 1. The van der Waals surface area contributed by atoms with Crippen LogP contribution in [0.4, 0.5) is 0 Å². The summed E-state index contributed by atoms with van der Waals surface area (Å²) in [6.07, 6.45) is 4.78. The van der Waals surface area contributed by atoms with Crippen molar-refractivity contribution in [2.24, 2.45) is 23.0 Å². The van der Waals surface area contributed by atoms with E-state index in [9.17, 15) is 4.79 Å². The van der Waals surface area contributed by atoms with Crippen molar-refractivity contribution in [3.05, 3.63) is 0 Å². The highest BCUT2D eigenvalue weighted by molar-refractivity contribution is 5.80. The first kappa shape index (κ1) is 15.8. The van der Waals surface area contributed by atoms with Crippen molar-refractivity contribution in [1.29, 1.82) is 0 Å². The second-order valence-electron chi connectivity index (χ2n) is 7.61. The molecule has 0 aromatic carbocycles. The van der Waals surface area contributed by atoms with Gasteiger partial charge in [-0.25, -0.2) is 0 Å². The highest BCUT2D eigenvalue weighted by Gasteiger charge is 2.37. The van der Waals surface area contributed by atoms with Crippen molar-refractivity contribution in [3.63, 3.8) is 0 Å². The highest BCUT2D eigenvalue weighted by Crippen LogP contribution is 2.41. The first-order valence-electron chi connectivity index (χ1n) is 8.13. The van der Waals surface area contributed by atoms with Crippen LogP contribution in [0.2, 0.25) is 0 Å². The summed E-state index contributed by atoms with van der Waals surface area (Å²) >= 11 is 0. The van der Waals surface area contributed by atoms with Gasteiger partial charge < -0.3 is 11.1 Å². The number of hydrogen-bond acceptors (Lipinski definition) is 3. The number of hydrogen-bond donors (Lipinski definition) is 2. The number of rotatable bonds is 3. The van der Waals surface area contributed by atoms with Gasteiger partial charge in [-0.05, 0) is 42.9 Å². The van der Waals surface area contributed by atoms with E-state index in [0.29, 0.717) is 11.3 Å². The Bertz CT molecular complexity index is 323. The van der Waals surface area contributed by atoms with Gasteiger partial charge >= 0.3 is 0 Å². The SMILES string of the molecule is CC(C)(C)C1CCC([C@@H](C(N)=O)N2CCNCC2)CC1. The molecule has 2 fully saturated rings. The van der Waals surface area contributed by atoms with E-state index in [4.69, 9.17) is 5.73 Å². The number of carbonyl (C=O) groups is 1. The number of nitrogens with one attached hydrogen (secondary N) is 1. The number of carbonyl (C=O) groups excluding carboxylic acids is 1. The molecule has 4 nitrogen and oxygen atoms in total. The van der Waals surface area contributed by atoms with Crippen LogP contribution >= 0.6 is 0 Å². The lowest BCUT2D eigenvalue weighted by Gasteiger charge is -2.42. The summed E-state index contributed by atoms with van der Waals surface area (Å²) < 4.78 is 0. The molecule has 116 valence electrons. The Balaban J connectivity index is 1.96. The zero-order valence-corrected chi connectivity index (χ0v) is 13.3. The zero-order chi connectivity index (χ0) is 14.8. The lowest BCUT2D eigenvalue weighted by Crippen LogP contribution is -2.56. The lowest BCUT2D eigenvalue weighted by molar-refractivity contribution is -0.126. The van der Waals surface area contributed by atoms with Crippen LogP contribution in [0.1, 0.15) is 46.5 Å². The van der Waals surface area contributed by atoms with E-state index >= 15 is 0 Å². The normalized spacial score (nSPS) is 30.9. The molecule has 1 saturated carbocycles. The fraction of sp³-hybridized carbons (Fsp3) is 0.938. The fourth-order valence-corrected chi connectivity index (χ4v) is 3.97. The highest BCUT2D eigenvalue weighted by atomic mass is 16.1. The van der Waals surface area contributed by atoms with Gasteiger partial charge in [-0.3, -0.25) is 9.69 Å². The average Bonchev–Trinajstić information content (AvgIpc) is 2.39. The maximum Gasteiger partial charge on any atom is 0.235 e. The van der Waals surface area contributed by atoms with Gasteiger partial charge in [0.15, 0.2) is 0 Å². The summed E-state index contributed by atoms with van der Waals surface area (Å²) in [5.41, 5.74) is 6.11. The van der Waals surface area contributed by atoms with Gasteiger partial charge in [-0.2, -0.15) is 0 Å². The Labute approximate surface area is 123 Å². The second kappa shape index (κ2) is 6.44. The third-order valence-electron chi connectivity index (χ3n) is 5.28. The van der Waals surface area contributed by atoms with Crippen LogP contribution < -0.4 is 11.1 Å². The summed E-state index contributed by atoms with van der Waals surface area (Å²) in [5, 5.41) is 3.34. The van der Waals surface area contributed by atoms with Crippen molar-refractivity contribution in [2.75, 3.05) is 26.2 Å². The number of primary amides is 1. The lowest BCUT2D eigenvalue weighted by atomic mass is 9.68. The minimum Gasteiger partial charge on any atom is -0.368 e. The van der Waals surface area contributed by atoms with Crippen LogP contribution in [0.5, 0.6) is 0 Å². The number of nitrogens with two attached hydrogens (primary N) is 1. The predicted molar refractivity (Wildman–Crippen MR) is 82.3 cm³/mol. The number of piperazine rings is 1. The molecule has 1 heterocycles. The van der Waals surface area contributed by atoms with Crippen molar-refractivity contribution in [3.8, 4) is 0 Å². The van der Waals surface area contributed by atoms with Gasteiger partial charge in [-0.1, -0.05) is 20.8 Å². The average molecular weight is 281 g/mol. The summed E-state index contributed by atoms with van der Waals surface area (Å²) in [7, 11) is 0. The first-order valence-corrected chi connectivity index (χ1v) is 8.13. The Morgan fingerprint density at radius 3 is 2.15 bits per heavy atom. The molecule has 0 bridgehead atoms. The van der Waals surface area contributed by atoms with Crippen LogP contribution in [-0.2, 0) is 4.79 Å². The topological polar surface area (TPSA) is 58.4 Å². The van der Waals surface area contributed by atoms with Crippen LogP contribution in [-0.4, -0.2) is 43.0 Å². The molecule has 0 aromatic rings. The molecule has 0 spiro atoms. The van der Waals surface area contributed by atoms with E-state index in [1.54, 1.807) is 0 Å². The molecule has 0 radical (unpaired) electrons. The molecule has 1 amide bonds. The van der Waals surface area contributed by atoms with Gasteiger partial charge in [0.2, 0.25) is 5.91 Å².